The minimum atomic E-state index is 0.704. The van der Waals surface area contributed by atoms with Crippen molar-refractivity contribution in [1.29, 1.82) is 0 Å². The van der Waals surface area contributed by atoms with Crippen LogP contribution in [0.3, 0.4) is 0 Å². The molecule has 0 saturated carbocycles. The zero-order chi connectivity index (χ0) is 11.5. The van der Waals surface area contributed by atoms with Gasteiger partial charge < -0.3 is 4.90 Å². The highest BCUT2D eigenvalue weighted by atomic mass is 15.3. The molecular weight excluding hydrogens is 196 g/mol. The number of benzene rings is 1. The Labute approximate surface area is 98.9 Å². The average molecular weight is 218 g/mol. The Kier molecular flexibility index (Phi) is 3.49. The number of aryl methyl sites for hydroxylation is 1. The summed E-state index contributed by atoms with van der Waals surface area (Å²) >= 11 is 0. The van der Waals surface area contributed by atoms with Crippen LogP contribution in [0, 0.1) is 6.92 Å². The van der Waals surface area contributed by atoms with E-state index in [1.165, 1.54) is 24.2 Å². The molecule has 0 N–H and O–H groups in total. The molecular formula is C14H22N2. The summed E-state index contributed by atoms with van der Waals surface area (Å²) in [6.45, 7) is 7.90. The van der Waals surface area contributed by atoms with Gasteiger partial charge in [0.2, 0.25) is 0 Å². The van der Waals surface area contributed by atoms with Gasteiger partial charge in [0.05, 0.1) is 0 Å². The maximum Gasteiger partial charge on any atom is 0.0367 e. The lowest BCUT2D eigenvalue weighted by Crippen LogP contribution is -2.51. The van der Waals surface area contributed by atoms with Crippen molar-refractivity contribution in [2.45, 2.75) is 26.3 Å². The molecule has 2 nitrogen and oxygen atoms in total. The van der Waals surface area contributed by atoms with Crippen LogP contribution in [0.2, 0.25) is 0 Å². The van der Waals surface area contributed by atoms with Crippen LogP contribution >= 0.6 is 0 Å². The summed E-state index contributed by atoms with van der Waals surface area (Å²) in [6.07, 6.45) is 1.23. The summed E-state index contributed by atoms with van der Waals surface area (Å²) in [5, 5.41) is 0. The second kappa shape index (κ2) is 4.88. The Morgan fingerprint density at radius 2 is 1.88 bits per heavy atom. The van der Waals surface area contributed by atoms with E-state index < -0.39 is 0 Å². The number of hydrogen-bond acceptors (Lipinski definition) is 2. The minimum Gasteiger partial charge on any atom is -0.369 e. The van der Waals surface area contributed by atoms with Gasteiger partial charge >= 0.3 is 0 Å². The lowest BCUT2D eigenvalue weighted by molar-refractivity contribution is 0.213. The molecule has 0 bridgehead atoms. The molecule has 1 saturated heterocycles. The van der Waals surface area contributed by atoms with Gasteiger partial charge in [-0.3, -0.25) is 4.90 Å². The van der Waals surface area contributed by atoms with E-state index in [1.807, 2.05) is 0 Å². The number of hydrogen-bond donors (Lipinski definition) is 0. The molecule has 0 aliphatic carbocycles. The Hall–Kier alpha value is -1.02. The third kappa shape index (κ3) is 2.38. The molecule has 0 unspecified atom stereocenters. The average Bonchev–Trinajstić information content (AvgIpc) is 2.31. The number of nitrogens with zero attached hydrogens (tertiary/aromatic N) is 2. The van der Waals surface area contributed by atoms with Gasteiger partial charge in [0.15, 0.2) is 0 Å². The normalized spacial score (nSPS) is 22.4. The Morgan fingerprint density at radius 1 is 1.19 bits per heavy atom. The van der Waals surface area contributed by atoms with Crippen molar-refractivity contribution in [2.75, 3.05) is 31.6 Å². The topological polar surface area (TPSA) is 6.48 Å². The van der Waals surface area contributed by atoms with E-state index in [2.05, 4.69) is 55.0 Å². The number of piperazine rings is 1. The van der Waals surface area contributed by atoms with Crippen molar-refractivity contribution >= 4 is 5.69 Å². The Balaban J connectivity index is 2.08. The third-order valence-corrected chi connectivity index (χ3v) is 3.65. The second-order valence-corrected chi connectivity index (χ2v) is 4.82. The van der Waals surface area contributed by atoms with Crippen molar-refractivity contribution < 1.29 is 0 Å². The third-order valence-electron chi connectivity index (χ3n) is 3.65. The van der Waals surface area contributed by atoms with E-state index in [4.69, 9.17) is 0 Å². The van der Waals surface area contributed by atoms with Gasteiger partial charge in [0.25, 0.3) is 0 Å². The zero-order valence-electron chi connectivity index (χ0n) is 10.6. The summed E-state index contributed by atoms with van der Waals surface area (Å²) in [5.41, 5.74) is 2.71. The van der Waals surface area contributed by atoms with Crippen molar-refractivity contribution in [3.8, 4) is 0 Å². The molecule has 0 spiro atoms. The van der Waals surface area contributed by atoms with Crippen LogP contribution < -0.4 is 4.90 Å². The maximum atomic E-state index is 2.51. The van der Waals surface area contributed by atoms with Crippen LogP contribution in [-0.4, -0.2) is 37.6 Å². The Morgan fingerprint density at radius 3 is 2.50 bits per heavy atom. The Bertz CT molecular complexity index is 331. The first kappa shape index (κ1) is 11.5. The molecule has 1 aromatic carbocycles. The lowest BCUT2D eigenvalue weighted by Gasteiger charge is -2.40. The van der Waals surface area contributed by atoms with Crippen molar-refractivity contribution in [3.05, 3.63) is 29.8 Å². The van der Waals surface area contributed by atoms with Gasteiger partial charge in [0.1, 0.15) is 0 Å². The smallest absolute Gasteiger partial charge is 0.0367 e. The molecule has 1 aliphatic rings. The predicted molar refractivity (Wildman–Crippen MR) is 70.1 cm³/mol. The largest absolute Gasteiger partial charge is 0.369 e. The molecule has 0 amide bonds. The molecule has 88 valence electrons. The molecule has 0 radical (unpaired) electrons. The van der Waals surface area contributed by atoms with Crippen LogP contribution in [0.15, 0.2) is 24.3 Å². The van der Waals surface area contributed by atoms with E-state index in [-0.39, 0.29) is 0 Å². The van der Waals surface area contributed by atoms with Gasteiger partial charge in [-0.15, -0.1) is 0 Å². The SMILES string of the molecule is CC[C@H]1CN(c2ccc(C)cc2)CCN1C. The first-order valence-corrected chi connectivity index (χ1v) is 6.22. The van der Waals surface area contributed by atoms with E-state index in [1.54, 1.807) is 0 Å². The van der Waals surface area contributed by atoms with Crippen molar-refractivity contribution in [3.63, 3.8) is 0 Å². The standard InChI is InChI=1S/C14H22N2/c1-4-13-11-16(10-9-15(13)3)14-7-5-12(2)6-8-14/h5-8,13H,4,9-11H2,1-3H3/t13-/m0/s1. The van der Waals surface area contributed by atoms with Crippen LogP contribution in [0.1, 0.15) is 18.9 Å². The zero-order valence-corrected chi connectivity index (χ0v) is 10.6. The first-order valence-electron chi connectivity index (χ1n) is 6.22. The number of rotatable bonds is 2. The van der Waals surface area contributed by atoms with E-state index in [9.17, 15) is 0 Å². The quantitative estimate of drug-likeness (QED) is 0.752. The summed E-state index contributed by atoms with van der Waals surface area (Å²) in [4.78, 5) is 4.98. The molecule has 1 heterocycles. The fraction of sp³-hybridized carbons (Fsp3) is 0.571. The van der Waals surface area contributed by atoms with Crippen LogP contribution in [0.5, 0.6) is 0 Å². The second-order valence-electron chi connectivity index (χ2n) is 4.82. The maximum absolute atomic E-state index is 2.51. The molecule has 16 heavy (non-hydrogen) atoms. The fourth-order valence-electron chi connectivity index (χ4n) is 2.38. The number of anilines is 1. The van der Waals surface area contributed by atoms with E-state index in [0.29, 0.717) is 6.04 Å². The van der Waals surface area contributed by atoms with Gasteiger partial charge in [-0.2, -0.15) is 0 Å². The van der Waals surface area contributed by atoms with E-state index in [0.717, 1.165) is 13.1 Å². The van der Waals surface area contributed by atoms with E-state index >= 15 is 0 Å². The monoisotopic (exact) mass is 218 g/mol. The van der Waals surface area contributed by atoms with Gasteiger partial charge in [-0.1, -0.05) is 24.6 Å². The summed E-state index contributed by atoms with van der Waals surface area (Å²) < 4.78 is 0. The molecule has 1 atom stereocenters. The van der Waals surface area contributed by atoms with Crippen LogP contribution in [0.4, 0.5) is 5.69 Å². The predicted octanol–water partition coefficient (Wildman–Crippen LogP) is 2.53. The minimum absolute atomic E-state index is 0.704. The highest BCUT2D eigenvalue weighted by molar-refractivity contribution is 5.48. The number of likely N-dealkylation sites (N-methyl/N-ethyl adjacent to an activating group) is 1. The summed E-state index contributed by atoms with van der Waals surface area (Å²) in [6, 6.07) is 9.60. The lowest BCUT2D eigenvalue weighted by atomic mass is 10.1. The highest BCUT2D eigenvalue weighted by Gasteiger charge is 2.22. The van der Waals surface area contributed by atoms with Crippen LogP contribution in [-0.2, 0) is 0 Å². The fourth-order valence-corrected chi connectivity index (χ4v) is 2.38. The summed E-state index contributed by atoms with van der Waals surface area (Å²) in [7, 11) is 2.24. The van der Waals surface area contributed by atoms with Crippen molar-refractivity contribution in [2.24, 2.45) is 0 Å². The highest BCUT2D eigenvalue weighted by Crippen LogP contribution is 2.20. The molecule has 1 aromatic rings. The molecule has 2 rings (SSSR count). The van der Waals surface area contributed by atoms with Gasteiger partial charge in [0, 0.05) is 31.4 Å². The molecule has 1 fully saturated rings. The van der Waals surface area contributed by atoms with Crippen molar-refractivity contribution in [1.82, 2.24) is 4.90 Å². The molecule has 2 heteroatoms. The van der Waals surface area contributed by atoms with Gasteiger partial charge in [-0.05, 0) is 32.5 Å². The summed E-state index contributed by atoms with van der Waals surface area (Å²) in [5.74, 6) is 0. The van der Waals surface area contributed by atoms with Crippen LogP contribution in [0.25, 0.3) is 0 Å². The molecule has 1 aliphatic heterocycles. The van der Waals surface area contributed by atoms with Gasteiger partial charge in [-0.25, -0.2) is 0 Å². The molecule has 0 aromatic heterocycles. The first-order chi connectivity index (χ1) is 7.70.